The van der Waals surface area contributed by atoms with Gasteiger partial charge in [-0.15, -0.1) is 0 Å². The van der Waals surface area contributed by atoms with Gasteiger partial charge in [-0.25, -0.2) is 0 Å². The molecule has 1 N–H and O–H groups in total. The van der Waals surface area contributed by atoms with Crippen molar-refractivity contribution in [1.29, 1.82) is 0 Å². The van der Waals surface area contributed by atoms with E-state index in [1.54, 1.807) is 21.6 Å². The van der Waals surface area contributed by atoms with Crippen molar-refractivity contribution in [2.24, 2.45) is 0 Å². The number of hydrogen-bond donors (Lipinski definition) is 1. The molecule has 0 aliphatic carbocycles. The molecule has 0 saturated carbocycles. The van der Waals surface area contributed by atoms with E-state index in [0.717, 1.165) is 6.54 Å². The molecule has 0 spiro atoms. The van der Waals surface area contributed by atoms with Crippen molar-refractivity contribution < 1.29 is 19.0 Å². The molecule has 0 aliphatic rings. The van der Waals surface area contributed by atoms with Gasteiger partial charge in [-0.3, -0.25) is 4.79 Å². The van der Waals surface area contributed by atoms with E-state index in [2.05, 4.69) is 58.6 Å². The monoisotopic (exact) mass is 430 g/mol. The van der Waals surface area contributed by atoms with Crippen LogP contribution in [0.3, 0.4) is 0 Å². The third-order valence-electron chi connectivity index (χ3n) is 3.21. The summed E-state index contributed by atoms with van der Waals surface area (Å²) in [5.74, 6) is 6.68. The minimum absolute atomic E-state index is 0.144. The van der Waals surface area contributed by atoms with Crippen molar-refractivity contribution in [1.82, 2.24) is 5.32 Å². The van der Waals surface area contributed by atoms with Gasteiger partial charge in [0, 0.05) is 30.4 Å². The molecule has 0 rings (SSSR count). The van der Waals surface area contributed by atoms with Crippen LogP contribution in [0.1, 0.15) is 54.4 Å². The highest BCUT2D eigenvalue weighted by atomic mass is 33.1. The van der Waals surface area contributed by atoms with Crippen LogP contribution in [0.25, 0.3) is 0 Å². The summed E-state index contributed by atoms with van der Waals surface area (Å²) in [5, 5.41) is 3.45. The van der Waals surface area contributed by atoms with Gasteiger partial charge >= 0.3 is 5.97 Å². The number of carbonyl (C=O) groups excluding carboxylic acids is 1. The first-order valence-electron chi connectivity index (χ1n) is 9.90. The number of nitrogens with one attached hydrogen (secondary N) is 1. The quantitative estimate of drug-likeness (QED) is 0.0994. The van der Waals surface area contributed by atoms with E-state index >= 15 is 0 Å². The highest BCUT2D eigenvalue weighted by molar-refractivity contribution is 8.77. The van der Waals surface area contributed by atoms with Crippen molar-refractivity contribution in [3.8, 4) is 11.7 Å². The molecule has 0 amide bonds. The summed E-state index contributed by atoms with van der Waals surface area (Å²) in [7, 11) is 5.42. The third kappa shape index (κ3) is 20.4. The van der Waals surface area contributed by atoms with Crippen LogP contribution in [0.2, 0.25) is 5.82 Å². The molecule has 0 aromatic rings. The zero-order chi connectivity index (χ0) is 21.3. The predicted octanol–water partition coefficient (Wildman–Crippen LogP) is 3.95. The Morgan fingerprint density at radius 2 is 1.89 bits per heavy atom. The smallest absolute Gasteiger partial charge is 0.305 e. The molecule has 0 fully saturated rings. The maximum Gasteiger partial charge on any atom is 0.305 e. The first-order chi connectivity index (χ1) is 13.2. The average Bonchev–Trinajstić information content (AvgIpc) is 2.61. The minimum Gasteiger partial charge on any atom is -0.463 e. The molecule has 0 aromatic carbocycles. The van der Waals surface area contributed by atoms with Gasteiger partial charge in [-0.05, 0) is 20.3 Å². The van der Waals surface area contributed by atoms with Crippen LogP contribution in [0.15, 0.2) is 0 Å². The zero-order valence-electron chi connectivity index (χ0n) is 18.3. The summed E-state index contributed by atoms with van der Waals surface area (Å²) >= 11 is 0. The number of hydrogen-bond acceptors (Lipinski definition) is 7. The predicted molar refractivity (Wildman–Crippen MR) is 123 cm³/mol. The molecule has 0 aliphatic heterocycles. The molecule has 5 nitrogen and oxygen atoms in total. The van der Waals surface area contributed by atoms with Gasteiger partial charge in [0.25, 0.3) is 0 Å². The van der Waals surface area contributed by atoms with Crippen molar-refractivity contribution in [2.45, 2.75) is 71.0 Å². The van der Waals surface area contributed by atoms with Gasteiger partial charge in [0.2, 0.25) is 7.28 Å². The number of rotatable bonds is 16. The molecule has 1 radical (unpaired) electrons. The van der Waals surface area contributed by atoms with Crippen molar-refractivity contribution >= 4 is 34.8 Å². The Bertz CT molecular complexity index is 465. The Balaban J connectivity index is 3.46. The maximum atomic E-state index is 11.6. The van der Waals surface area contributed by atoms with E-state index in [0.29, 0.717) is 57.1 Å². The van der Waals surface area contributed by atoms with Crippen LogP contribution < -0.4 is 5.32 Å². The van der Waals surface area contributed by atoms with E-state index in [1.807, 2.05) is 7.28 Å². The first kappa shape index (κ1) is 27.7. The largest absolute Gasteiger partial charge is 0.463 e. The van der Waals surface area contributed by atoms with E-state index in [4.69, 9.17) is 14.2 Å². The van der Waals surface area contributed by atoms with Crippen LogP contribution in [-0.2, 0) is 19.0 Å². The highest BCUT2D eigenvalue weighted by Gasteiger charge is 2.18. The highest BCUT2D eigenvalue weighted by Crippen LogP contribution is 2.35. The Morgan fingerprint density at radius 1 is 1.14 bits per heavy atom. The molecular weight excluding hydrogens is 393 g/mol. The van der Waals surface area contributed by atoms with E-state index in [1.165, 1.54) is 0 Å². The Kier molecular flexibility index (Phi) is 17.3. The van der Waals surface area contributed by atoms with Crippen LogP contribution in [0.4, 0.5) is 0 Å². The van der Waals surface area contributed by atoms with Gasteiger partial charge in [0.15, 0.2) is 0 Å². The SMILES string of the molecule is CC(C)[B]C#CCOCCCC(=O)OCCOCSSC(C)(C)CNC(C)C. The van der Waals surface area contributed by atoms with Gasteiger partial charge in [-0.1, -0.05) is 61.0 Å². The number of ether oxygens (including phenoxy) is 3. The lowest BCUT2D eigenvalue weighted by Gasteiger charge is -2.24. The molecule has 0 bridgehead atoms. The van der Waals surface area contributed by atoms with Gasteiger partial charge in [-0.2, -0.15) is 5.82 Å². The molecule has 0 atom stereocenters. The fourth-order valence-electron chi connectivity index (χ4n) is 1.75. The van der Waals surface area contributed by atoms with Crippen molar-refractivity contribution in [3.05, 3.63) is 0 Å². The summed E-state index contributed by atoms with van der Waals surface area (Å²) in [4.78, 5) is 11.6. The normalized spacial score (nSPS) is 11.4. The van der Waals surface area contributed by atoms with Crippen LogP contribution in [-0.4, -0.2) is 62.9 Å². The summed E-state index contributed by atoms with van der Waals surface area (Å²) in [6.45, 7) is 15.4. The van der Waals surface area contributed by atoms with Crippen LogP contribution >= 0.6 is 21.6 Å². The third-order valence-corrected chi connectivity index (χ3v) is 6.18. The van der Waals surface area contributed by atoms with E-state index in [-0.39, 0.29) is 10.7 Å². The van der Waals surface area contributed by atoms with Gasteiger partial charge in [0.1, 0.15) is 19.2 Å². The summed E-state index contributed by atoms with van der Waals surface area (Å²) < 4.78 is 16.2. The number of esters is 1. The molecule has 161 valence electrons. The second-order valence-corrected chi connectivity index (χ2v) is 10.6. The summed E-state index contributed by atoms with van der Waals surface area (Å²) in [6.07, 6.45) is 0.994. The lowest BCUT2D eigenvalue weighted by molar-refractivity contribution is -0.145. The molecular formula is C20H37BNO4S2. The fraction of sp³-hybridized carbons (Fsp3) is 0.850. The zero-order valence-corrected chi connectivity index (χ0v) is 20.0. The molecule has 8 heteroatoms. The van der Waals surface area contributed by atoms with Crippen molar-refractivity contribution in [3.63, 3.8) is 0 Å². The molecule has 0 heterocycles. The Morgan fingerprint density at radius 3 is 2.57 bits per heavy atom. The van der Waals surface area contributed by atoms with Crippen LogP contribution in [0, 0.1) is 11.7 Å². The first-order valence-corrected chi connectivity index (χ1v) is 12.2. The maximum absolute atomic E-state index is 11.6. The summed E-state index contributed by atoms with van der Waals surface area (Å²) in [6, 6.07) is 0.490. The molecule has 0 aromatic heterocycles. The lowest BCUT2D eigenvalue weighted by atomic mass is 9.67. The second kappa shape index (κ2) is 17.5. The molecule has 28 heavy (non-hydrogen) atoms. The topological polar surface area (TPSA) is 56.8 Å². The van der Waals surface area contributed by atoms with Gasteiger partial charge in [0.05, 0.1) is 6.61 Å². The fourth-order valence-corrected chi connectivity index (χ4v) is 3.93. The molecule has 0 saturated heterocycles. The summed E-state index contributed by atoms with van der Waals surface area (Å²) in [5.41, 5.74) is 0. The average molecular weight is 430 g/mol. The Labute approximate surface area is 180 Å². The number of carbonyl (C=O) groups is 1. The Hall–Kier alpha value is -0.325. The van der Waals surface area contributed by atoms with Gasteiger partial charge < -0.3 is 19.5 Å². The van der Waals surface area contributed by atoms with E-state index in [9.17, 15) is 4.79 Å². The second-order valence-electron chi connectivity index (χ2n) is 7.63. The van der Waals surface area contributed by atoms with Crippen molar-refractivity contribution in [2.75, 3.05) is 38.9 Å². The lowest BCUT2D eigenvalue weighted by Crippen LogP contribution is -2.35. The standard InChI is InChI=1S/C20H37BNO4S2/c1-17(2)21-10-8-12-24-11-7-9-19(23)26-14-13-25-16-27-28-20(5,6)15-22-18(3)4/h17-18,22H,7,9,11-16H2,1-6H3. The van der Waals surface area contributed by atoms with Crippen LogP contribution in [0.5, 0.6) is 0 Å². The minimum atomic E-state index is -0.214. The van der Waals surface area contributed by atoms with E-state index < -0.39 is 0 Å². The molecule has 0 unspecified atom stereocenters.